The minimum atomic E-state index is -1.03. The number of hydrogen-bond acceptors (Lipinski definition) is 5. The molecule has 88 valence electrons. The number of carbonyl (C=O) groups is 1. The fourth-order valence-corrected chi connectivity index (χ4v) is 1.47. The molecule has 6 nitrogen and oxygen atoms in total. The first-order valence-corrected chi connectivity index (χ1v) is 5.06. The number of benzene rings is 1. The summed E-state index contributed by atoms with van der Waals surface area (Å²) in [5.41, 5.74) is 0.549. The van der Waals surface area contributed by atoms with Gasteiger partial charge in [0.2, 0.25) is 6.39 Å². The highest BCUT2D eigenvalue weighted by molar-refractivity contribution is 6.31. The van der Waals surface area contributed by atoms with Crippen LogP contribution in [0.4, 0.5) is 5.69 Å². The van der Waals surface area contributed by atoms with Crippen LogP contribution in [0.3, 0.4) is 0 Å². The average Bonchev–Trinajstić information content (AvgIpc) is 2.78. The van der Waals surface area contributed by atoms with Crippen LogP contribution in [-0.4, -0.2) is 21.2 Å². The molecule has 0 fully saturated rings. The summed E-state index contributed by atoms with van der Waals surface area (Å²) < 4.78 is 4.56. The smallest absolute Gasteiger partial charge is 0.337 e. The van der Waals surface area contributed by atoms with Crippen molar-refractivity contribution in [3.63, 3.8) is 0 Å². The topological polar surface area (TPSA) is 88.2 Å². The van der Waals surface area contributed by atoms with Crippen LogP contribution in [0.15, 0.2) is 29.1 Å². The van der Waals surface area contributed by atoms with Crippen LogP contribution < -0.4 is 5.32 Å². The van der Waals surface area contributed by atoms with Crippen molar-refractivity contribution in [1.82, 2.24) is 10.1 Å². The van der Waals surface area contributed by atoms with Crippen LogP contribution in [0.2, 0.25) is 5.02 Å². The highest BCUT2D eigenvalue weighted by atomic mass is 35.5. The Kier molecular flexibility index (Phi) is 3.24. The van der Waals surface area contributed by atoms with Gasteiger partial charge in [-0.3, -0.25) is 0 Å². The third-order valence-electron chi connectivity index (χ3n) is 2.06. The Hall–Kier alpha value is -2.08. The van der Waals surface area contributed by atoms with Crippen molar-refractivity contribution in [2.24, 2.45) is 0 Å². The maximum atomic E-state index is 11.0. The molecule has 0 radical (unpaired) electrons. The molecule has 0 amide bonds. The Bertz CT molecular complexity index is 528. The van der Waals surface area contributed by atoms with Gasteiger partial charge in [0.05, 0.1) is 17.8 Å². The molecule has 7 heteroatoms. The van der Waals surface area contributed by atoms with Crippen molar-refractivity contribution in [2.45, 2.75) is 6.54 Å². The van der Waals surface area contributed by atoms with Crippen LogP contribution >= 0.6 is 11.6 Å². The first-order valence-electron chi connectivity index (χ1n) is 4.69. The number of nitrogens with zero attached hydrogens (tertiary/aromatic N) is 2. The van der Waals surface area contributed by atoms with E-state index in [-0.39, 0.29) is 12.1 Å². The molecule has 0 aliphatic carbocycles. The Morgan fingerprint density at radius 1 is 1.53 bits per heavy atom. The molecule has 17 heavy (non-hydrogen) atoms. The van der Waals surface area contributed by atoms with E-state index in [1.807, 2.05) is 0 Å². The Balaban J connectivity index is 2.19. The predicted molar refractivity (Wildman–Crippen MR) is 60.0 cm³/mol. The van der Waals surface area contributed by atoms with Crippen molar-refractivity contribution in [3.8, 4) is 0 Å². The number of carboxylic acids is 1. The van der Waals surface area contributed by atoms with Gasteiger partial charge in [-0.1, -0.05) is 16.8 Å². The van der Waals surface area contributed by atoms with Crippen LogP contribution in [-0.2, 0) is 6.54 Å². The standard InChI is InChI=1S/C10H8ClN3O3/c11-6-1-2-7(10(15)16)8(3-6)12-4-9-13-5-17-14-9/h1-3,5,12H,4H2,(H,15,16). The van der Waals surface area contributed by atoms with E-state index in [4.69, 9.17) is 16.7 Å². The zero-order chi connectivity index (χ0) is 12.3. The normalized spacial score (nSPS) is 10.2. The van der Waals surface area contributed by atoms with Gasteiger partial charge in [0.1, 0.15) is 0 Å². The number of hydrogen-bond donors (Lipinski definition) is 2. The fourth-order valence-electron chi connectivity index (χ4n) is 1.29. The van der Waals surface area contributed by atoms with E-state index in [0.717, 1.165) is 0 Å². The van der Waals surface area contributed by atoms with Gasteiger partial charge in [-0.25, -0.2) is 4.79 Å². The van der Waals surface area contributed by atoms with E-state index in [1.165, 1.54) is 24.6 Å². The van der Waals surface area contributed by atoms with E-state index in [0.29, 0.717) is 16.5 Å². The quantitative estimate of drug-likeness (QED) is 0.867. The van der Waals surface area contributed by atoms with Crippen LogP contribution in [0, 0.1) is 0 Å². The molecule has 1 aromatic heterocycles. The van der Waals surface area contributed by atoms with Crippen LogP contribution in [0.5, 0.6) is 0 Å². The van der Waals surface area contributed by atoms with Gasteiger partial charge in [-0.05, 0) is 18.2 Å². The molecule has 0 unspecified atom stereocenters. The van der Waals surface area contributed by atoms with Crippen LogP contribution in [0.25, 0.3) is 0 Å². The van der Waals surface area contributed by atoms with E-state index in [1.54, 1.807) is 0 Å². The van der Waals surface area contributed by atoms with Gasteiger partial charge in [-0.2, -0.15) is 4.98 Å². The molecule has 0 saturated heterocycles. The van der Waals surface area contributed by atoms with Crippen molar-refractivity contribution in [1.29, 1.82) is 0 Å². The zero-order valence-corrected chi connectivity index (χ0v) is 9.31. The zero-order valence-electron chi connectivity index (χ0n) is 8.55. The van der Waals surface area contributed by atoms with Crippen LogP contribution in [0.1, 0.15) is 16.2 Å². The third kappa shape index (κ3) is 2.73. The van der Waals surface area contributed by atoms with Gasteiger partial charge in [0.15, 0.2) is 5.82 Å². The predicted octanol–water partition coefficient (Wildman–Crippen LogP) is 2.03. The molecule has 0 spiro atoms. The summed E-state index contributed by atoms with van der Waals surface area (Å²) in [4.78, 5) is 14.8. The minimum absolute atomic E-state index is 0.137. The monoisotopic (exact) mass is 253 g/mol. The lowest BCUT2D eigenvalue weighted by molar-refractivity contribution is 0.0698. The summed E-state index contributed by atoms with van der Waals surface area (Å²) >= 11 is 5.80. The second-order valence-electron chi connectivity index (χ2n) is 3.20. The van der Waals surface area contributed by atoms with E-state index < -0.39 is 5.97 Å². The molecule has 2 aromatic rings. The molecule has 1 aromatic carbocycles. The van der Waals surface area contributed by atoms with E-state index in [2.05, 4.69) is 20.0 Å². The summed E-state index contributed by atoms with van der Waals surface area (Å²) in [6.45, 7) is 0.261. The van der Waals surface area contributed by atoms with Gasteiger partial charge >= 0.3 is 5.97 Å². The largest absolute Gasteiger partial charge is 0.478 e. The first kappa shape index (κ1) is 11.4. The maximum absolute atomic E-state index is 11.0. The first-order chi connectivity index (χ1) is 8.16. The average molecular weight is 254 g/mol. The second kappa shape index (κ2) is 4.84. The summed E-state index contributed by atoms with van der Waals surface area (Å²) in [5.74, 6) is -0.599. The molecular weight excluding hydrogens is 246 g/mol. The summed E-state index contributed by atoms with van der Waals surface area (Å²) in [7, 11) is 0. The Labute approximate surface area is 101 Å². The van der Waals surface area contributed by atoms with Crippen molar-refractivity contribution < 1.29 is 14.4 Å². The fraction of sp³-hybridized carbons (Fsp3) is 0.100. The van der Waals surface area contributed by atoms with Gasteiger partial charge in [-0.15, -0.1) is 0 Å². The molecule has 1 heterocycles. The SMILES string of the molecule is O=C(O)c1ccc(Cl)cc1NCc1ncon1. The van der Waals surface area contributed by atoms with Gasteiger partial charge in [0, 0.05) is 5.02 Å². The Morgan fingerprint density at radius 2 is 2.35 bits per heavy atom. The highest BCUT2D eigenvalue weighted by Gasteiger charge is 2.10. The van der Waals surface area contributed by atoms with E-state index in [9.17, 15) is 4.79 Å². The molecule has 2 N–H and O–H groups in total. The van der Waals surface area contributed by atoms with Crippen molar-refractivity contribution in [3.05, 3.63) is 41.0 Å². The number of carboxylic acid groups (broad SMARTS) is 1. The molecule has 0 bridgehead atoms. The highest BCUT2D eigenvalue weighted by Crippen LogP contribution is 2.21. The number of aromatic carboxylic acids is 1. The van der Waals surface area contributed by atoms with Gasteiger partial charge in [0.25, 0.3) is 0 Å². The number of nitrogens with one attached hydrogen (secondary N) is 1. The van der Waals surface area contributed by atoms with Crippen molar-refractivity contribution >= 4 is 23.3 Å². The summed E-state index contributed by atoms with van der Waals surface area (Å²) in [5, 5.41) is 15.9. The summed E-state index contributed by atoms with van der Waals surface area (Å²) in [6, 6.07) is 4.48. The van der Waals surface area contributed by atoms with Crippen molar-refractivity contribution in [2.75, 3.05) is 5.32 Å². The number of rotatable bonds is 4. The maximum Gasteiger partial charge on any atom is 0.337 e. The number of anilines is 1. The van der Waals surface area contributed by atoms with E-state index >= 15 is 0 Å². The Morgan fingerprint density at radius 3 is 3.00 bits per heavy atom. The summed E-state index contributed by atoms with van der Waals surface area (Å²) in [6.07, 6.45) is 1.20. The lowest BCUT2D eigenvalue weighted by Crippen LogP contribution is -2.07. The molecular formula is C10H8ClN3O3. The molecule has 2 rings (SSSR count). The molecule has 0 saturated carbocycles. The number of halogens is 1. The lowest BCUT2D eigenvalue weighted by atomic mass is 10.2. The lowest BCUT2D eigenvalue weighted by Gasteiger charge is -2.07. The third-order valence-corrected chi connectivity index (χ3v) is 2.29. The molecule has 0 aliphatic heterocycles. The minimum Gasteiger partial charge on any atom is -0.478 e. The number of aromatic nitrogens is 2. The second-order valence-corrected chi connectivity index (χ2v) is 3.63. The molecule has 0 atom stereocenters. The van der Waals surface area contributed by atoms with Gasteiger partial charge < -0.3 is 14.9 Å². The molecule has 0 aliphatic rings.